The third-order valence-corrected chi connectivity index (χ3v) is 10.0. The number of primary amides is 2. The molecule has 5 N–H and O–H groups in total. The van der Waals surface area contributed by atoms with Crippen LogP contribution < -0.4 is 16.8 Å². The fourth-order valence-corrected chi connectivity index (χ4v) is 7.43. The first-order valence-corrected chi connectivity index (χ1v) is 16.3. The molecule has 1 saturated heterocycles. The van der Waals surface area contributed by atoms with Gasteiger partial charge in [0.1, 0.15) is 11.9 Å². The van der Waals surface area contributed by atoms with E-state index < -0.39 is 47.3 Å². The molecule has 5 aromatic rings. The summed E-state index contributed by atoms with van der Waals surface area (Å²) in [5.41, 5.74) is 12.9. The van der Waals surface area contributed by atoms with Crippen LogP contribution in [0.4, 0.5) is 14.0 Å². The highest BCUT2D eigenvalue weighted by molar-refractivity contribution is 6.30. The molecular weight excluding hydrogens is 667 g/mol. The zero-order valence-electron chi connectivity index (χ0n) is 26.6. The first-order chi connectivity index (χ1) is 24.0. The molecule has 2 aromatic heterocycles. The summed E-state index contributed by atoms with van der Waals surface area (Å²) in [6.45, 7) is -0.191. The van der Waals surface area contributed by atoms with E-state index in [9.17, 15) is 28.4 Å². The summed E-state index contributed by atoms with van der Waals surface area (Å²) < 4.78 is 22.9. The maximum Gasteiger partial charge on any atom is 0.323 e. The molecule has 2 fully saturated rings. The number of amides is 4. The van der Waals surface area contributed by atoms with Gasteiger partial charge in [-0.1, -0.05) is 60.1 Å². The van der Waals surface area contributed by atoms with Gasteiger partial charge in [-0.3, -0.25) is 23.5 Å². The van der Waals surface area contributed by atoms with Gasteiger partial charge in [0.15, 0.2) is 0 Å². The molecule has 3 aromatic carbocycles. The van der Waals surface area contributed by atoms with Crippen LogP contribution in [-0.4, -0.2) is 62.6 Å². The Balaban J connectivity index is 1.10. The van der Waals surface area contributed by atoms with Crippen molar-refractivity contribution in [2.45, 2.75) is 44.3 Å². The zero-order chi connectivity index (χ0) is 35.3. The first kappa shape index (κ1) is 32.8. The number of hydrogen-bond donors (Lipinski definition) is 3. The molecule has 7 rings (SSSR count). The van der Waals surface area contributed by atoms with E-state index in [0.29, 0.717) is 39.4 Å². The SMILES string of the molecule is NC(=O)n1cc(CC(=O)OC[C@@]23C[C@@H](C(=O)NCc4cccc(Cl)c4F)N(C(=O)Cc4cn(C(N)=O)c5ccccc45)[C@@H]2C3)c2ccccc21. The second-order valence-corrected chi connectivity index (χ2v) is 13.2. The number of esters is 1. The van der Waals surface area contributed by atoms with Crippen molar-refractivity contribution in [1.82, 2.24) is 19.4 Å². The molecule has 14 heteroatoms. The summed E-state index contributed by atoms with van der Waals surface area (Å²) in [7, 11) is 0. The van der Waals surface area contributed by atoms with Gasteiger partial charge in [0.2, 0.25) is 11.8 Å². The molecule has 1 saturated carbocycles. The highest BCUT2D eigenvalue weighted by Crippen LogP contribution is 2.60. The Labute approximate surface area is 289 Å². The van der Waals surface area contributed by atoms with E-state index in [1.165, 1.54) is 38.6 Å². The number of nitrogens with one attached hydrogen (secondary N) is 1. The monoisotopic (exact) mass is 698 g/mol. The Morgan fingerprint density at radius 1 is 0.820 bits per heavy atom. The van der Waals surface area contributed by atoms with Gasteiger partial charge < -0.3 is 26.4 Å². The predicted octanol–water partition coefficient (Wildman–Crippen LogP) is 4.25. The first-order valence-electron chi connectivity index (χ1n) is 15.9. The smallest absolute Gasteiger partial charge is 0.323 e. The molecule has 3 heterocycles. The largest absolute Gasteiger partial charge is 0.465 e. The van der Waals surface area contributed by atoms with Crippen molar-refractivity contribution in [3.8, 4) is 0 Å². The minimum absolute atomic E-state index is 0.0393. The van der Waals surface area contributed by atoms with E-state index in [4.69, 9.17) is 27.8 Å². The topological polar surface area (TPSA) is 172 Å². The van der Waals surface area contributed by atoms with Crippen molar-refractivity contribution in [1.29, 1.82) is 0 Å². The summed E-state index contributed by atoms with van der Waals surface area (Å²) in [4.78, 5) is 66.5. The Morgan fingerprint density at radius 3 is 2.04 bits per heavy atom. The zero-order valence-corrected chi connectivity index (χ0v) is 27.4. The molecule has 0 bridgehead atoms. The number of carbonyl (C=O) groups excluding carboxylic acids is 5. The fourth-order valence-electron chi connectivity index (χ4n) is 7.24. The molecule has 0 spiro atoms. The van der Waals surface area contributed by atoms with Crippen molar-refractivity contribution in [3.05, 3.63) is 107 Å². The lowest BCUT2D eigenvalue weighted by atomic mass is 9.99. The van der Waals surface area contributed by atoms with Gasteiger partial charge in [-0.2, -0.15) is 0 Å². The Kier molecular flexibility index (Phi) is 8.30. The molecule has 1 aliphatic heterocycles. The van der Waals surface area contributed by atoms with Crippen molar-refractivity contribution < 1.29 is 33.1 Å². The highest BCUT2D eigenvalue weighted by atomic mass is 35.5. The summed E-state index contributed by atoms with van der Waals surface area (Å²) >= 11 is 5.92. The molecule has 2 aliphatic rings. The van der Waals surface area contributed by atoms with Crippen LogP contribution in [0.2, 0.25) is 5.02 Å². The summed E-state index contributed by atoms with van der Waals surface area (Å²) in [5.74, 6) is -2.04. The summed E-state index contributed by atoms with van der Waals surface area (Å²) in [6, 6.07) is 15.9. The molecule has 12 nitrogen and oxygen atoms in total. The van der Waals surface area contributed by atoms with Crippen molar-refractivity contribution in [2.75, 3.05) is 6.61 Å². The number of likely N-dealkylation sites (tertiary alicyclic amines) is 1. The third-order valence-electron chi connectivity index (χ3n) is 9.75. The van der Waals surface area contributed by atoms with Crippen LogP contribution in [0.3, 0.4) is 0 Å². The number of carbonyl (C=O) groups is 5. The minimum Gasteiger partial charge on any atom is -0.465 e. The molecule has 0 radical (unpaired) electrons. The molecule has 50 heavy (non-hydrogen) atoms. The minimum atomic E-state index is -0.930. The normalized spacial score (nSPS) is 19.4. The van der Waals surface area contributed by atoms with Crippen LogP contribution >= 0.6 is 11.6 Å². The van der Waals surface area contributed by atoms with Crippen LogP contribution in [-0.2, 0) is 38.5 Å². The van der Waals surface area contributed by atoms with Gasteiger partial charge in [-0.05, 0) is 42.2 Å². The number of hydrogen-bond acceptors (Lipinski definition) is 6. The van der Waals surface area contributed by atoms with Gasteiger partial charge in [-0.25, -0.2) is 14.0 Å². The molecule has 3 atom stereocenters. The molecular formula is C36H32ClFN6O6. The number of piperidine rings is 1. The quantitative estimate of drug-likeness (QED) is 0.194. The van der Waals surface area contributed by atoms with Crippen LogP contribution in [0.1, 0.15) is 29.5 Å². The van der Waals surface area contributed by atoms with Crippen LogP contribution in [0.25, 0.3) is 21.8 Å². The van der Waals surface area contributed by atoms with Crippen molar-refractivity contribution in [2.24, 2.45) is 16.9 Å². The molecule has 1 aliphatic carbocycles. The Morgan fingerprint density at radius 2 is 1.42 bits per heavy atom. The van der Waals surface area contributed by atoms with Crippen LogP contribution in [0, 0.1) is 11.2 Å². The highest BCUT2D eigenvalue weighted by Gasteiger charge is 2.67. The van der Waals surface area contributed by atoms with Gasteiger partial charge in [0, 0.05) is 46.7 Å². The lowest BCUT2D eigenvalue weighted by Crippen LogP contribution is -2.48. The van der Waals surface area contributed by atoms with E-state index in [-0.39, 0.29) is 48.9 Å². The second kappa shape index (κ2) is 12.6. The number of para-hydroxylation sites is 2. The number of nitrogens with zero attached hydrogens (tertiary/aromatic N) is 3. The number of aromatic nitrogens is 2. The number of benzene rings is 3. The van der Waals surface area contributed by atoms with Crippen molar-refractivity contribution in [3.63, 3.8) is 0 Å². The standard InChI is InChI=1S/C36H32ClFN6O6/c37-25-9-5-6-20(32(25)38)16-41-33(47)28-14-36(19-50-31(46)13-22-18-43(35(40)49)27-11-4-2-8-24(22)27)15-29(36)44(28)30(45)12-21-17-42(34(39)48)26-10-3-1-7-23(21)26/h1-11,17-18,28-29H,12-16,19H2,(H2,39,48)(H2,40,49)(H,41,47)/t28-,29+,36-/m0/s1. The van der Waals surface area contributed by atoms with Crippen LogP contribution in [0.15, 0.2) is 79.1 Å². The number of ether oxygens (including phenoxy) is 1. The van der Waals surface area contributed by atoms with Crippen LogP contribution in [0.5, 0.6) is 0 Å². The summed E-state index contributed by atoms with van der Waals surface area (Å²) in [6.07, 6.45) is 3.51. The van der Waals surface area contributed by atoms with E-state index in [1.807, 2.05) is 0 Å². The van der Waals surface area contributed by atoms with E-state index in [0.717, 1.165) is 0 Å². The third kappa shape index (κ3) is 5.83. The van der Waals surface area contributed by atoms with Gasteiger partial charge >= 0.3 is 18.0 Å². The van der Waals surface area contributed by atoms with E-state index >= 15 is 0 Å². The lowest BCUT2D eigenvalue weighted by molar-refractivity contribution is -0.144. The maximum atomic E-state index is 14.6. The molecule has 0 unspecified atom stereocenters. The summed E-state index contributed by atoms with van der Waals surface area (Å²) in [5, 5.41) is 4.03. The molecule has 256 valence electrons. The lowest BCUT2D eigenvalue weighted by Gasteiger charge is -2.27. The van der Waals surface area contributed by atoms with E-state index in [2.05, 4.69) is 5.32 Å². The van der Waals surface area contributed by atoms with Gasteiger partial charge in [-0.15, -0.1) is 0 Å². The number of nitrogens with two attached hydrogens (primary N) is 2. The maximum absolute atomic E-state index is 14.6. The Bertz CT molecular complexity index is 2230. The van der Waals surface area contributed by atoms with Gasteiger partial charge in [0.05, 0.1) is 35.5 Å². The van der Waals surface area contributed by atoms with Crippen molar-refractivity contribution >= 4 is 63.3 Å². The fraction of sp³-hybridized carbons (Fsp3) is 0.250. The van der Waals surface area contributed by atoms with E-state index in [1.54, 1.807) is 54.6 Å². The Hall–Kier alpha value is -5.69. The predicted molar refractivity (Wildman–Crippen MR) is 182 cm³/mol. The number of halogens is 2. The number of fused-ring (bicyclic) bond motifs is 3. The number of rotatable bonds is 9. The average molecular weight is 699 g/mol. The molecule has 4 amide bonds. The second-order valence-electron chi connectivity index (χ2n) is 12.8. The van der Waals surface area contributed by atoms with Gasteiger partial charge in [0.25, 0.3) is 0 Å². The average Bonchev–Trinajstić information content (AvgIpc) is 3.35.